The number of halogens is 1. The van der Waals surface area contributed by atoms with E-state index < -0.39 is 11.8 Å². The molecule has 0 fully saturated rings. The highest BCUT2D eigenvalue weighted by molar-refractivity contribution is 5.91. The van der Waals surface area contributed by atoms with Gasteiger partial charge in [0.15, 0.2) is 0 Å². The molecule has 16 heavy (non-hydrogen) atoms. The van der Waals surface area contributed by atoms with Crippen molar-refractivity contribution < 1.29 is 13.9 Å². The van der Waals surface area contributed by atoms with Gasteiger partial charge in [-0.2, -0.15) is 4.91 Å². The molecule has 0 saturated carbocycles. The van der Waals surface area contributed by atoms with Crippen LogP contribution in [0.25, 0.3) is 0 Å². The van der Waals surface area contributed by atoms with Gasteiger partial charge < -0.3 is 4.74 Å². The number of benzene rings is 1. The van der Waals surface area contributed by atoms with Crippen molar-refractivity contribution in [3.8, 4) is 0 Å². The van der Waals surface area contributed by atoms with Gasteiger partial charge in [-0.3, -0.25) is 0 Å². The topological polar surface area (TPSA) is 55.7 Å². The van der Waals surface area contributed by atoms with Gasteiger partial charge >= 0.3 is 5.97 Å². The number of hydrogen-bond acceptors (Lipinski definition) is 4. The standard InChI is InChI=1S/C11H12FNO3/c1-3-7-4-5-8(6-13-15)10(12)9(7)11(14)16-2/h4-5H,3,6H2,1-2H3. The fraction of sp³-hybridized carbons (Fsp3) is 0.364. The molecule has 1 aromatic rings. The maximum absolute atomic E-state index is 13.8. The third-order valence-electron chi connectivity index (χ3n) is 2.31. The molecule has 1 rings (SSSR count). The van der Waals surface area contributed by atoms with E-state index in [2.05, 4.69) is 9.91 Å². The Hall–Kier alpha value is -1.78. The predicted molar refractivity (Wildman–Crippen MR) is 56.6 cm³/mol. The smallest absolute Gasteiger partial charge is 0.341 e. The van der Waals surface area contributed by atoms with Gasteiger partial charge in [0.05, 0.1) is 12.7 Å². The summed E-state index contributed by atoms with van der Waals surface area (Å²) in [4.78, 5) is 21.5. The molecule has 0 amide bonds. The first kappa shape index (κ1) is 12.3. The van der Waals surface area contributed by atoms with E-state index in [-0.39, 0.29) is 17.7 Å². The second-order valence-corrected chi connectivity index (χ2v) is 3.21. The third-order valence-corrected chi connectivity index (χ3v) is 2.31. The Morgan fingerprint density at radius 1 is 1.44 bits per heavy atom. The number of methoxy groups -OCH3 is 1. The van der Waals surface area contributed by atoms with E-state index >= 15 is 0 Å². The highest BCUT2D eigenvalue weighted by atomic mass is 19.1. The Kier molecular flexibility index (Phi) is 4.10. The maximum Gasteiger partial charge on any atom is 0.341 e. The summed E-state index contributed by atoms with van der Waals surface area (Å²) in [6.07, 6.45) is 0.510. The molecule has 0 N–H and O–H groups in total. The first-order chi connectivity index (χ1) is 7.65. The summed E-state index contributed by atoms with van der Waals surface area (Å²) < 4.78 is 18.3. The normalized spacial score (nSPS) is 9.94. The van der Waals surface area contributed by atoms with Crippen molar-refractivity contribution in [2.75, 3.05) is 7.11 Å². The Morgan fingerprint density at radius 3 is 2.56 bits per heavy atom. The van der Waals surface area contributed by atoms with Crippen LogP contribution in [0.1, 0.15) is 28.4 Å². The van der Waals surface area contributed by atoms with Crippen molar-refractivity contribution in [2.24, 2.45) is 5.18 Å². The number of ether oxygens (including phenoxy) is 1. The third kappa shape index (κ3) is 2.24. The van der Waals surface area contributed by atoms with Crippen LogP contribution >= 0.6 is 0 Å². The molecule has 86 valence electrons. The second kappa shape index (κ2) is 5.34. The quantitative estimate of drug-likeness (QED) is 0.584. The SMILES string of the molecule is CCc1ccc(CN=O)c(F)c1C(=O)OC. The Balaban J connectivity index is 3.33. The zero-order valence-corrected chi connectivity index (χ0v) is 9.12. The number of esters is 1. The minimum atomic E-state index is -0.734. The molecule has 0 aromatic heterocycles. The highest BCUT2D eigenvalue weighted by Gasteiger charge is 2.19. The van der Waals surface area contributed by atoms with Crippen LogP contribution in [0.2, 0.25) is 0 Å². The van der Waals surface area contributed by atoms with Crippen LogP contribution in [0.5, 0.6) is 0 Å². The summed E-state index contributed by atoms with van der Waals surface area (Å²) in [6.45, 7) is 1.51. The number of nitrogens with zero attached hydrogens (tertiary/aromatic N) is 1. The molecule has 0 unspecified atom stereocenters. The van der Waals surface area contributed by atoms with E-state index in [4.69, 9.17) is 0 Å². The van der Waals surface area contributed by atoms with Gasteiger partial charge in [0, 0.05) is 5.56 Å². The molecule has 0 saturated heterocycles. The number of hydrogen-bond donors (Lipinski definition) is 0. The van der Waals surface area contributed by atoms with Crippen LogP contribution in [0, 0.1) is 10.7 Å². The Labute approximate surface area is 92.4 Å². The van der Waals surface area contributed by atoms with Crippen molar-refractivity contribution >= 4 is 5.97 Å². The van der Waals surface area contributed by atoms with E-state index in [1.807, 2.05) is 0 Å². The summed E-state index contributed by atoms with van der Waals surface area (Å²) >= 11 is 0. The molecule has 0 aliphatic carbocycles. The van der Waals surface area contributed by atoms with Crippen LogP contribution < -0.4 is 0 Å². The van der Waals surface area contributed by atoms with Gasteiger partial charge in [-0.1, -0.05) is 24.2 Å². The minimum Gasteiger partial charge on any atom is -0.465 e. The molecule has 0 aliphatic heterocycles. The molecule has 1 aromatic carbocycles. The van der Waals surface area contributed by atoms with Gasteiger partial charge in [0.25, 0.3) is 0 Å². The number of carbonyl (C=O) groups is 1. The van der Waals surface area contributed by atoms with Crippen molar-refractivity contribution in [1.29, 1.82) is 0 Å². The lowest BCUT2D eigenvalue weighted by Gasteiger charge is -2.09. The van der Waals surface area contributed by atoms with Crippen molar-refractivity contribution in [3.63, 3.8) is 0 Å². The molecule has 4 nitrogen and oxygen atoms in total. The summed E-state index contributed by atoms with van der Waals surface area (Å²) in [7, 11) is 1.19. The highest BCUT2D eigenvalue weighted by Crippen LogP contribution is 2.20. The molecule has 0 bridgehead atoms. The molecule has 0 spiro atoms. The molecular formula is C11H12FNO3. The molecule has 0 aliphatic rings. The molecule has 5 heteroatoms. The average molecular weight is 225 g/mol. The van der Waals surface area contributed by atoms with Gasteiger partial charge in [-0.25, -0.2) is 9.18 Å². The maximum atomic E-state index is 13.8. The number of nitroso groups, excluding NO2 is 1. The largest absolute Gasteiger partial charge is 0.465 e. The van der Waals surface area contributed by atoms with Gasteiger partial charge in [-0.05, 0) is 12.0 Å². The average Bonchev–Trinajstić information content (AvgIpc) is 2.30. The zero-order valence-electron chi connectivity index (χ0n) is 9.12. The van der Waals surface area contributed by atoms with E-state index in [0.717, 1.165) is 0 Å². The fourth-order valence-electron chi connectivity index (χ4n) is 1.47. The van der Waals surface area contributed by atoms with Gasteiger partial charge in [-0.15, -0.1) is 0 Å². The van der Waals surface area contributed by atoms with Crippen LogP contribution in [0.4, 0.5) is 4.39 Å². The second-order valence-electron chi connectivity index (χ2n) is 3.21. The Bertz CT molecular complexity index is 418. The lowest BCUT2D eigenvalue weighted by atomic mass is 10.0. The van der Waals surface area contributed by atoms with Crippen molar-refractivity contribution in [1.82, 2.24) is 0 Å². The van der Waals surface area contributed by atoms with Gasteiger partial charge in [0.1, 0.15) is 12.4 Å². The van der Waals surface area contributed by atoms with Gasteiger partial charge in [0.2, 0.25) is 0 Å². The van der Waals surface area contributed by atoms with E-state index in [1.54, 1.807) is 13.0 Å². The first-order valence-corrected chi connectivity index (χ1v) is 4.83. The number of rotatable bonds is 4. The summed E-state index contributed by atoms with van der Waals surface area (Å²) in [5.74, 6) is -1.45. The summed E-state index contributed by atoms with van der Waals surface area (Å²) in [6, 6.07) is 3.07. The van der Waals surface area contributed by atoms with Crippen molar-refractivity contribution in [2.45, 2.75) is 19.9 Å². The fourth-order valence-corrected chi connectivity index (χ4v) is 1.47. The van der Waals surface area contributed by atoms with E-state index in [0.29, 0.717) is 12.0 Å². The van der Waals surface area contributed by atoms with Crippen molar-refractivity contribution in [3.05, 3.63) is 39.5 Å². The monoisotopic (exact) mass is 225 g/mol. The predicted octanol–water partition coefficient (Wildman–Crippen LogP) is 2.44. The zero-order chi connectivity index (χ0) is 12.1. The number of carbonyl (C=O) groups excluding carboxylic acids is 1. The van der Waals surface area contributed by atoms with E-state index in [1.165, 1.54) is 13.2 Å². The Morgan fingerprint density at radius 2 is 2.06 bits per heavy atom. The van der Waals surface area contributed by atoms with Crippen LogP contribution in [0.15, 0.2) is 17.3 Å². The lowest BCUT2D eigenvalue weighted by Crippen LogP contribution is -2.10. The van der Waals surface area contributed by atoms with Crippen LogP contribution in [0.3, 0.4) is 0 Å². The first-order valence-electron chi connectivity index (χ1n) is 4.83. The molecule has 0 atom stereocenters. The van der Waals surface area contributed by atoms with Crippen LogP contribution in [-0.2, 0) is 17.7 Å². The number of aryl methyl sites for hydroxylation is 1. The summed E-state index contributed by atoms with van der Waals surface area (Å²) in [5.41, 5.74) is 0.553. The molecule has 0 radical (unpaired) electrons. The van der Waals surface area contributed by atoms with Crippen LogP contribution in [-0.4, -0.2) is 13.1 Å². The molecular weight excluding hydrogens is 213 g/mol. The minimum absolute atomic E-state index is 0.104. The summed E-state index contributed by atoms with van der Waals surface area (Å²) in [5, 5.41) is 2.61. The molecule has 0 heterocycles. The van der Waals surface area contributed by atoms with E-state index in [9.17, 15) is 14.1 Å². The lowest BCUT2D eigenvalue weighted by molar-refractivity contribution is 0.0594.